The normalized spacial score (nSPS) is 15.3. The molecular weight excluding hydrogens is 318 g/mol. The molecule has 0 bridgehead atoms. The van der Waals surface area contributed by atoms with Crippen LogP contribution < -0.4 is 5.32 Å². The topological polar surface area (TPSA) is 61.9 Å². The number of nitrogens with zero attached hydrogens (tertiary/aromatic N) is 2. The van der Waals surface area contributed by atoms with Crippen LogP contribution in [0.5, 0.6) is 0 Å². The van der Waals surface area contributed by atoms with Crippen LogP contribution in [0.4, 0.5) is 4.79 Å². The summed E-state index contributed by atoms with van der Waals surface area (Å²) < 4.78 is 4.97. The minimum absolute atomic E-state index is 0.0328. The van der Waals surface area contributed by atoms with E-state index in [9.17, 15) is 9.59 Å². The molecule has 2 amide bonds. The molecule has 6 nitrogen and oxygen atoms in total. The molecule has 7 heteroatoms. The van der Waals surface area contributed by atoms with Crippen molar-refractivity contribution in [2.75, 3.05) is 39.3 Å². The highest BCUT2D eigenvalue weighted by Crippen LogP contribution is 2.10. The first-order chi connectivity index (χ1) is 11.1. The second-order valence-electron chi connectivity index (χ2n) is 5.37. The van der Waals surface area contributed by atoms with Crippen molar-refractivity contribution in [3.05, 3.63) is 34.9 Å². The maximum atomic E-state index is 12.0. The number of hydrogen-bond acceptors (Lipinski definition) is 4. The Balaban J connectivity index is 1.69. The highest BCUT2D eigenvalue weighted by molar-refractivity contribution is 6.30. The van der Waals surface area contributed by atoms with Gasteiger partial charge in [0.15, 0.2) is 0 Å². The maximum absolute atomic E-state index is 12.0. The van der Waals surface area contributed by atoms with E-state index in [0.29, 0.717) is 50.9 Å². The minimum Gasteiger partial charge on any atom is -0.450 e. The number of hydrogen-bond donors (Lipinski definition) is 1. The lowest BCUT2D eigenvalue weighted by atomic mass is 10.2. The number of halogens is 1. The van der Waals surface area contributed by atoms with Gasteiger partial charge in [0.2, 0.25) is 5.91 Å². The van der Waals surface area contributed by atoms with Gasteiger partial charge in [0.05, 0.1) is 13.2 Å². The SMILES string of the molecule is CCOC(=O)N1CCN(CC(=O)NCc2cccc(Cl)c2)CC1. The molecule has 0 radical (unpaired) electrons. The van der Waals surface area contributed by atoms with E-state index in [-0.39, 0.29) is 12.0 Å². The van der Waals surface area contributed by atoms with Crippen LogP contribution in [0.1, 0.15) is 12.5 Å². The number of nitrogens with one attached hydrogen (secondary N) is 1. The van der Waals surface area contributed by atoms with Crippen LogP contribution in [0.25, 0.3) is 0 Å². The standard InChI is InChI=1S/C16H22ClN3O3/c1-2-23-16(22)20-8-6-19(7-9-20)12-15(21)18-11-13-4-3-5-14(17)10-13/h3-5,10H,2,6-9,11-12H2,1H3,(H,18,21). The molecule has 1 aromatic rings. The summed E-state index contributed by atoms with van der Waals surface area (Å²) in [5.74, 6) is -0.0328. The Morgan fingerprint density at radius 3 is 2.65 bits per heavy atom. The fourth-order valence-corrected chi connectivity index (χ4v) is 2.62. The highest BCUT2D eigenvalue weighted by atomic mass is 35.5. The average Bonchev–Trinajstić information content (AvgIpc) is 2.54. The Labute approximate surface area is 141 Å². The molecule has 23 heavy (non-hydrogen) atoms. The largest absolute Gasteiger partial charge is 0.450 e. The Morgan fingerprint density at radius 1 is 1.26 bits per heavy atom. The van der Waals surface area contributed by atoms with Crippen LogP contribution in [0.2, 0.25) is 5.02 Å². The van der Waals surface area contributed by atoms with Gasteiger partial charge in [-0.3, -0.25) is 9.69 Å². The summed E-state index contributed by atoms with van der Waals surface area (Å²) >= 11 is 5.91. The zero-order valence-corrected chi connectivity index (χ0v) is 14.0. The first kappa shape index (κ1) is 17.6. The summed E-state index contributed by atoms with van der Waals surface area (Å²) in [4.78, 5) is 27.3. The van der Waals surface area contributed by atoms with Gasteiger partial charge in [0.1, 0.15) is 0 Å². The lowest BCUT2D eigenvalue weighted by Crippen LogP contribution is -2.51. The molecule has 0 aliphatic carbocycles. The van der Waals surface area contributed by atoms with Gasteiger partial charge < -0.3 is 15.0 Å². The van der Waals surface area contributed by atoms with Crippen LogP contribution in [0, 0.1) is 0 Å². The predicted octanol–water partition coefficient (Wildman–Crippen LogP) is 1.73. The molecular formula is C16H22ClN3O3. The van der Waals surface area contributed by atoms with Gasteiger partial charge in [0.25, 0.3) is 0 Å². The van der Waals surface area contributed by atoms with Gasteiger partial charge in [-0.25, -0.2) is 4.79 Å². The summed E-state index contributed by atoms with van der Waals surface area (Å²) in [7, 11) is 0. The third kappa shape index (κ3) is 5.73. The van der Waals surface area contributed by atoms with E-state index in [2.05, 4.69) is 5.32 Å². The van der Waals surface area contributed by atoms with Crippen molar-refractivity contribution in [3.8, 4) is 0 Å². The van der Waals surface area contributed by atoms with E-state index in [1.54, 1.807) is 17.9 Å². The molecule has 1 aliphatic heterocycles. The number of benzene rings is 1. The summed E-state index contributed by atoms with van der Waals surface area (Å²) in [6.45, 7) is 5.47. The van der Waals surface area contributed by atoms with E-state index >= 15 is 0 Å². The zero-order chi connectivity index (χ0) is 16.7. The first-order valence-corrected chi connectivity index (χ1v) is 8.11. The third-order valence-corrected chi connectivity index (χ3v) is 3.88. The quantitative estimate of drug-likeness (QED) is 0.887. The van der Waals surface area contributed by atoms with Crippen LogP contribution in [-0.4, -0.2) is 61.1 Å². The van der Waals surface area contributed by atoms with Crippen LogP contribution in [-0.2, 0) is 16.1 Å². The molecule has 0 unspecified atom stereocenters. The predicted molar refractivity (Wildman–Crippen MR) is 88.3 cm³/mol. The first-order valence-electron chi connectivity index (χ1n) is 7.73. The van der Waals surface area contributed by atoms with Gasteiger partial charge in [-0.05, 0) is 24.6 Å². The second kappa shape index (κ2) is 8.74. The van der Waals surface area contributed by atoms with Crippen molar-refractivity contribution < 1.29 is 14.3 Å². The van der Waals surface area contributed by atoms with E-state index < -0.39 is 0 Å². The Morgan fingerprint density at radius 2 is 2.00 bits per heavy atom. The summed E-state index contributed by atoms with van der Waals surface area (Å²) in [6, 6.07) is 7.42. The third-order valence-electron chi connectivity index (χ3n) is 3.64. The zero-order valence-electron chi connectivity index (χ0n) is 13.3. The fourth-order valence-electron chi connectivity index (χ4n) is 2.41. The van der Waals surface area contributed by atoms with Crippen molar-refractivity contribution in [2.24, 2.45) is 0 Å². The van der Waals surface area contributed by atoms with E-state index in [4.69, 9.17) is 16.3 Å². The summed E-state index contributed by atoms with van der Waals surface area (Å²) in [6.07, 6.45) is -0.280. The van der Waals surface area contributed by atoms with Gasteiger partial charge in [-0.2, -0.15) is 0 Å². The van der Waals surface area contributed by atoms with Gasteiger partial charge in [0, 0.05) is 37.7 Å². The van der Waals surface area contributed by atoms with Crippen LogP contribution in [0.15, 0.2) is 24.3 Å². The molecule has 0 atom stereocenters. The number of ether oxygens (including phenoxy) is 1. The fraction of sp³-hybridized carbons (Fsp3) is 0.500. The number of piperazine rings is 1. The lowest BCUT2D eigenvalue weighted by molar-refractivity contribution is -0.122. The molecule has 1 saturated heterocycles. The second-order valence-corrected chi connectivity index (χ2v) is 5.81. The van der Waals surface area contributed by atoms with E-state index in [1.165, 1.54) is 0 Å². The van der Waals surface area contributed by atoms with Crippen molar-refractivity contribution in [3.63, 3.8) is 0 Å². The molecule has 0 spiro atoms. The Kier molecular flexibility index (Phi) is 6.67. The van der Waals surface area contributed by atoms with Crippen molar-refractivity contribution in [1.82, 2.24) is 15.1 Å². The van der Waals surface area contributed by atoms with E-state index in [1.807, 2.05) is 23.1 Å². The minimum atomic E-state index is -0.280. The molecule has 0 saturated carbocycles. The summed E-state index contributed by atoms with van der Waals surface area (Å²) in [5, 5.41) is 3.54. The molecule has 1 aliphatic rings. The van der Waals surface area contributed by atoms with Crippen molar-refractivity contribution in [2.45, 2.75) is 13.5 Å². The Hall–Kier alpha value is -1.79. The number of carbonyl (C=O) groups excluding carboxylic acids is 2. The molecule has 126 valence electrons. The molecule has 1 aromatic carbocycles. The molecule has 2 rings (SSSR count). The van der Waals surface area contributed by atoms with Gasteiger partial charge in [-0.15, -0.1) is 0 Å². The lowest BCUT2D eigenvalue weighted by Gasteiger charge is -2.33. The average molecular weight is 340 g/mol. The van der Waals surface area contributed by atoms with E-state index in [0.717, 1.165) is 5.56 Å². The summed E-state index contributed by atoms with van der Waals surface area (Å²) in [5.41, 5.74) is 0.970. The van der Waals surface area contributed by atoms with Gasteiger partial charge >= 0.3 is 6.09 Å². The molecule has 1 heterocycles. The van der Waals surface area contributed by atoms with Crippen molar-refractivity contribution in [1.29, 1.82) is 0 Å². The monoisotopic (exact) mass is 339 g/mol. The smallest absolute Gasteiger partial charge is 0.409 e. The maximum Gasteiger partial charge on any atom is 0.409 e. The van der Waals surface area contributed by atoms with Crippen LogP contribution >= 0.6 is 11.6 Å². The number of carbonyl (C=O) groups is 2. The van der Waals surface area contributed by atoms with Crippen LogP contribution in [0.3, 0.4) is 0 Å². The number of amides is 2. The van der Waals surface area contributed by atoms with Gasteiger partial charge in [-0.1, -0.05) is 23.7 Å². The van der Waals surface area contributed by atoms with Crippen molar-refractivity contribution >= 4 is 23.6 Å². The number of rotatable bonds is 5. The Bertz CT molecular complexity index is 545. The molecule has 1 fully saturated rings. The highest BCUT2D eigenvalue weighted by Gasteiger charge is 2.22. The molecule has 0 aromatic heterocycles. The molecule has 1 N–H and O–H groups in total.